The second-order valence-corrected chi connectivity index (χ2v) is 3.63. The number of aryl methyl sites for hydroxylation is 1. The Balaban J connectivity index is 2.26. The molecule has 2 N–H and O–H groups in total. The maximum Gasteiger partial charge on any atom is 0.0557 e. The highest BCUT2D eigenvalue weighted by molar-refractivity contribution is 5.34. The van der Waals surface area contributed by atoms with Gasteiger partial charge in [0.2, 0.25) is 0 Å². The molecule has 2 rings (SSSR count). The fourth-order valence-electron chi connectivity index (χ4n) is 1.74. The summed E-state index contributed by atoms with van der Waals surface area (Å²) in [6.45, 7) is 4.53. The first-order valence-electron chi connectivity index (χ1n) is 4.68. The normalized spacial score (nSPS) is 17.1. The van der Waals surface area contributed by atoms with Crippen LogP contribution >= 0.6 is 0 Å². The average Bonchev–Trinajstić information content (AvgIpc) is 2.05. The summed E-state index contributed by atoms with van der Waals surface area (Å²) in [6, 6.07) is 6.47. The van der Waals surface area contributed by atoms with Gasteiger partial charge in [0.1, 0.15) is 0 Å². The second kappa shape index (κ2) is 3.48. The van der Waals surface area contributed by atoms with E-state index >= 15 is 0 Å². The van der Waals surface area contributed by atoms with Crippen molar-refractivity contribution in [3.8, 4) is 0 Å². The molecule has 1 heterocycles. The monoisotopic (exact) mass is 177 g/mol. The van der Waals surface area contributed by atoms with Gasteiger partial charge in [-0.25, -0.2) is 0 Å². The maximum atomic E-state index is 5.57. The van der Waals surface area contributed by atoms with Crippen LogP contribution in [0.2, 0.25) is 0 Å². The van der Waals surface area contributed by atoms with Crippen LogP contribution in [0.5, 0.6) is 0 Å². The topological polar surface area (TPSA) is 35.2 Å². The largest absolute Gasteiger partial charge is 0.380 e. The van der Waals surface area contributed by atoms with Crippen molar-refractivity contribution in [1.82, 2.24) is 0 Å². The molecular weight excluding hydrogens is 162 g/mol. The highest BCUT2D eigenvalue weighted by Gasteiger charge is 2.21. The Morgan fingerprint density at radius 2 is 2.23 bits per heavy atom. The van der Waals surface area contributed by atoms with Gasteiger partial charge in [-0.15, -0.1) is 0 Å². The quantitative estimate of drug-likeness (QED) is 0.744. The zero-order valence-electron chi connectivity index (χ0n) is 7.92. The molecule has 0 bridgehead atoms. The summed E-state index contributed by atoms with van der Waals surface area (Å²) in [7, 11) is 0. The van der Waals surface area contributed by atoms with Gasteiger partial charge < -0.3 is 10.5 Å². The van der Waals surface area contributed by atoms with E-state index in [-0.39, 0.29) is 0 Å². The van der Waals surface area contributed by atoms with Crippen molar-refractivity contribution >= 4 is 0 Å². The minimum atomic E-state index is 0.617. The number of ether oxygens (including phenoxy) is 1. The zero-order chi connectivity index (χ0) is 9.26. The van der Waals surface area contributed by atoms with E-state index in [2.05, 4.69) is 25.1 Å². The molecule has 0 spiro atoms. The minimum absolute atomic E-state index is 0.617. The molecule has 1 aliphatic heterocycles. The number of benzene rings is 1. The van der Waals surface area contributed by atoms with Gasteiger partial charge in [0.25, 0.3) is 0 Å². The molecule has 13 heavy (non-hydrogen) atoms. The number of hydrogen-bond donors (Lipinski definition) is 1. The first-order valence-corrected chi connectivity index (χ1v) is 4.68. The lowest BCUT2D eigenvalue weighted by Gasteiger charge is -2.27. The molecular formula is C11H15NO. The van der Waals surface area contributed by atoms with E-state index in [1.54, 1.807) is 0 Å². The van der Waals surface area contributed by atoms with Gasteiger partial charge in [0.15, 0.2) is 0 Å². The summed E-state index contributed by atoms with van der Waals surface area (Å²) >= 11 is 0. The summed E-state index contributed by atoms with van der Waals surface area (Å²) in [4.78, 5) is 0. The lowest BCUT2D eigenvalue weighted by Crippen LogP contribution is -2.25. The van der Waals surface area contributed by atoms with Crippen LogP contribution in [0.25, 0.3) is 0 Å². The lowest BCUT2D eigenvalue weighted by molar-refractivity contribution is 0.00817. The van der Waals surface area contributed by atoms with E-state index < -0.39 is 0 Å². The zero-order valence-corrected chi connectivity index (χ0v) is 7.92. The number of rotatable bonds is 2. The van der Waals surface area contributed by atoms with Crippen LogP contribution in [-0.2, 0) is 11.3 Å². The Hall–Kier alpha value is -0.860. The highest BCUT2D eigenvalue weighted by Crippen LogP contribution is 2.27. The van der Waals surface area contributed by atoms with Crippen molar-refractivity contribution in [2.24, 2.45) is 5.73 Å². The molecule has 2 heteroatoms. The van der Waals surface area contributed by atoms with Crippen LogP contribution in [0.1, 0.15) is 22.6 Å². The first-order chi connectivity index (χ1) is 6.31. The molecule has 1 saturated heterocycles. The van der Waals surface area contributed by atoms with Crippen molar-refractivity contribution in [2.75, 3.05) is 13.2 Å². The van der Waals surface area contributed by atoms with Crippen molar-refractivity contribution in [3.63, 3.8) is 0 Å². The molecule has 2 nitrogen and oxygen atoms in total. The average molecular weight is 177 g/mol. The predicted molar refractivity (Wildman–Crippen MR) is 52.6 cm³/mol. The van der Waals surface area contributed by atoms with Crippen molar-refractivity contribution in [1.29, 1.82) is 0 Å². The molecule has 0 saturated carbocycles. The standard InChI is InChI=1S/C11H15NO/c1-8-4-9(5-12)2-3-11(8)10-6-13-7-10/h2-4,10H,5-7,12H2,1H3. The van der Waals surface area contributed by atoms with E-state index in [0.29, 0.717) is 12.5 Å². The molecule has 0 unspecified atom stereocenters. The Bertz CT molecular complexity index is 305. The summed E-state index contributed by atoms with van der Waals surface area (Å²) < 4.78 is 5.18. The molecule has 1 aromatic rings. The molecule has 0 aliphatic carbocycles. The molecule has 0 atom stereocenters. The molecule has 0 radical (unpaired) electrons. The third-order valence-corrected chi connectivity index (χ3v) is 2.65. The summed E-state index contributed by atoms with van der Waals surface area (Å²) in [5, 5.41) is 0. The Morgan fingerprint density at radius 1 is 1.46 bits per heavy atom. The van der Waals surface area contributed by atoms with E-state index in [1.165, 1.54) is 16.7 Å². The van der Waals surface area contributed by atoms with Gasteiger partial charge in [-0.05, 0) is 23.6 Å². The fourth-order valence-corrected chi connectivity index (χ4v) is 1.74. The van der Waals surface area contributed by atoms with Crippen molar-refractivity contribution in [2.45, 2.75) is 19.4 Å². The van der Waals surface area contributed by atoms with Gasteiger partial charge in [-0.2, -0.15) is 0 Å². The Kier molecular flexibility index (Phi) is 2.34. The van der Waals surface area contributed by atoms with Crippen molar-refractivity contribution in [3.05, 3.63) is 34.9 Å². The van der Waals surface area contributed by atoms with Crippen LogP contribution in [-0.4, -0.2) is 13.2 Å². The van der Waals surface area contributed by atoms with Gasteiger partial charge in [0.05, 0.1) is 13.2 Å². The van der Waals surface area contributed by atoms with Gasteiger partial charge in [-0.3, -0.25) is 0 Å². The minimum Gasteiger partial charge on any atom is -0.380 e. The lowest BCUT2D eigenvalue weighted by atomic mass is 9.92. The highest BCUT2D eigenvalue weighted by atomic mass is 16.5. The molecule has 1 fully saturated rings. The Labute approximate surface area is 78.7 Å². The molecule has 70 valence electrons. The van der Waals surface area contributed by atoms with Crippen LogP contribution < -0.4 is 5.73 Å². The fraction of sp³-hybridized carbons (Fsp3) is 0.455. The molecule has 1 aliphatic rings. The van der Waals surface area contributed by atoms with Crippen LogP contribution in [0.3, 0.4) is 0 Å². The van der Waals surface area contributed by atoms with Crippen LogP contribution in [0.15, 0.2) is 18.2 Å². The summed E-state index contributed by atoms with van der Waals surface area (Å²) in [5.41, 5.74) is 9.54. The van der Waals surface area contributed by atoms with Gasteiger partial charge in [0, 0.05) is 12.5 Å². The van der Waals surface area contributed by atoms with E-state index in [0.717, 1.165) is 13.2 Å². The van der Waals surface area contributed by atoms with Crippen LogP contribution in [0.4, 0.5) is 0 Å². The van der Waals surface area contributed by atoms with E-state index in [9.17, 15) is 0 Å². The van der Waals surface area contributed by atoms with E-state index in [4.69, 9.17) is 10.5 Å². The molecule has 0 amide bonds. The van der Waals surface area contributed by atoms with Crippen molar-refractivity contribution < 1.29 is 4.74 Å². The summed E-state index contributed by atoms with van der Waals surface area (Å²) in [5.74, 6) is 0.617. The SMILES string of the molecule is Cc1cc(CN)ccc1C1COC1. The van der Waals surface area contributed by atoms with Gasteiger partial charge in [-0.1, -0.05) is 18.2 Å². The number of hydrogen-bond acceptors (Lipinski definition) is 2. The predicted octanol–water partition coefficient (Wildman–Crippen LogP) is 1.57. The summed E-state index contributed by atoms with van der Waals surface area (Å²) in [6.07, 6.45) is 0. The second-order valence-electron chi connectivity index (χ2n) is 3.63. The van der Waals surface area contributed by atoms with Gasteiger partial charge >= 0.3 is 0 Å². The first kappa shape index (κ1) is 8.73. The smallest absolute Gasteiger partial charge is 0.0557 e. The third-order valence-electron chi connectivity index (χ3n) is 2.65. The molecule has 0 aromatic heterocycles. The molecule has 1 aromatic carbocycles. The maximum absolute atomic E-state index is 5.57. The third kappa shape index (κ3) is 1.60. The van der Waals surface area contributed by atoms with E-state index in [1.807, 2.05) is 0 Å². The van der Waals surface area contributed by atoms with Crippen LogP contribution in [0, 0.1) is 6.92 Å². The number of nitrogens with two attached hydrogens (primary N) is 1. The Morgan fingerprint density at radius 3 is 2.69 bits per heavy atom.